The Hall–Kier alpha value is -4.44. The lowest BCUT2D eigenvalue weighted by Gasteiger charge is -2.36. The van der Waals surface area contributed by atoms with Crippen molar-refractivity contribution in [2.24, 2.45) is 18.7 Å². The Labute approximate surface area is 243 Å². The predicted octanol–water partition coefficient (Wildman–Crippen LogP) is 4.32. The van der Waals surface area contributed by atoms with Crippen LogP contribution < -0.4 is 16.0 Å². The summed E-state index contributed by atoms with van der Waals surface area (Å²) in [5.41, 5.74) is 11.3. The summed E-state index contributed by atoms with van der Waals surface area (Å²) < 4.78 is 10.1. The van der Waals surface area contributed by atoms with Gasteiger partial charge in [0.05, 0.1) is 29.7 Å². The lowest BCUT2D eigenvalue weighted by molar-refractivity contribution is 0.0612. The number of methoxy groups -OCH3 is 1. The molecule has 1 saturated heterocycles. The number of nitrogens with zero attached hydrogens (tertiary/aromatic N) is 5. The summed E-state index contributed by atoms with van der Waals surface area (Å²) in [5.74, 6) is 1.91. The number of benzene rings is 1. The molecule has 7 rings (SSSR count). The number of aromatic nitrogens is 5. The second-order valence-corrected chi connectivity index (χ2v) is 11.8. The summed E-state index contributed by atoms with van der Waals surface area (Å²) >= 11 is 0. The van der Waals surface area contributed by atoms with Crippen LogP contribution in [0.15, 0.2) is 53.3 Å². The number of rotatable bonds is 6. The molecule has 2 atom stereocenters. The number of nitrogens with two attached hydrogens (primary N) is 1. The van der Waals surface area contributed by atoms with Crippen molar-refractivity contribution in [1.82, 2.24) is 29.0 Å². The number of carbonyl (C=O) groups excluding carboxylic acids is 1. The Bertz CT molecular complexity index is 1900. The zero-order chi connectivity index (χ0) is 29.1. The van der Waals surface area contributed by atoms with Crippen molar-refractivity contribution in [3.8, 4) is 28.7 Å². The molecule has 0 spiro atoms. The number of aryl methyl sites for hydroxylation is 1. The number of hydrogen-bond acceptors (Lipinski definition) is 6. The van der Waals surface area contributed by atoms with Gasteiger partial charge in [0, 0.05) is 49.2 Å². The molecule has 3 N–H and O–H groups in total. The van der Waals surface area contributed by atoms with Crippen LogP contribution in [-0.2, 0) is 13.6 Å². The van der Waals surface area contributed by atoms with E-state index in [0.717, 1.165) is 47.5 Å². The zero-order valence-electron chi connectivity index (χ0n) is 24.1. The van der Waals surface area contributed by atoms with Gasteiger partial charge in [0.25, 0.3) is 5.91 Å². The maximum Gasteiger partial charge on any atom is 0.254 e. The molecule has 1 aromatic carbocycles. The Balaban J connectivity index is 1.36. The van der Waals surface area contributed by atoms with Crippen LogP contribution >= 0.6 is 0 Å². The highest BCUT2D eigenvalue weighted by molar-refractivity contribution is 6.00. The van der Waals surface area contributed by atoms with Crippen LogP contribution in [0, 0.1) is 5.92 Å². The van der Waals surface area contributed by atoms with Gasteiger partial charge < -0.3 is 29.5 Å². The Kier molecular flexibility index (Phi) is 6.38. The fourth-order valence-electron chi connectivity index (χ4n) is 6.21. The van der Waals surface area contributed by atoms with Gasteiger partial charge in [0.15, 0.2) is 5.82 Å². The minimum Gasteiger partial charge on any atom is -0.494 e. The first-order chi connectivity index (χ1) is 20.3. The predicted molar refractivity (Wildman–Crippen MR) is 162 cm³/mol. The van der Waals surface area contributed by atoms with E-state index in [1.165, 1.54) is 18.9 Å². The third-order valence-corrected chi connectivity index (χ3v) is 8.74. The van der Waals surface area contributed by atoms with E-state index in [2.05, 4.69) is 22.5 Å². The van der Waals surface area contributed by atoms with Gasteiger partial charge in [-0.2, -0.15) is 0 Å². The molecule has 1 amide bonds. The number of aromatic amines is 1. The Morgan fingerprint density at radius 1 is 1.10 bits per heavy atom. The standard InChI is InChI=1S/C32H35N7O3/c1-18-7-11-22(33)17-38(18)32(41)21-13-25-29(27(15-21)42-3)37(2)31(36-25)26-14-20-10-12-24(23-5-4-6-28(40)34-23)35-30(20)39(26)16-19-8-9-19/h4-6,10,12-15,18-19,22H,7-9,11,16-17,33H2,1-3H3,(H,34,40)/t18-,22+/m0/s1. The van der Waals surface area contributed by atoms with Gasteiger partial charge in [-0.1, -0.05) is 6.07 Å². The van der Waals surface area contributed by atoms with E-state index in [1.54, 1.807) is 13.2 Å². The van der Waals surface area contributed by atoms with E-state index < -0.39 is 0 Å². The molecule has 2 fully saturated rings. The minimum atomic E-state index is -0.160. The number of nitrogens with one attached hydrogen (secondary N) is 1. The summed E-state index contributed by atoms with van der Waals surface area (Å²) in [6, 6.07) is 15.0. The largest absolute Gasteiger partial charge is 0.494 e. The fraction of sp³-hybridized carbons (Fsp3) is 0.375. The molecule has 1 aliphatic heterocycles. The van der Waals surface area contributed by atoms with E-state index in [-0.39, 0.29) is 23.6 Å². The van der Waals surface area contributed by atoms with Gasteiger partial charge in [-0.15, -0.1) is 0 Å². The van der Waals surface area contributed by atoms with E-state index in [4.69, 9.17) is 20.4 Å². The number of hydrogen-bond donors (Lipinski definition) is 2. The van der Waals surface area contributed by atoms with Gasteiger partial charge in [0.1, 0.15) is 16.9 Å². The molecule has 2 aliphatic rings. The smallest absolute Gasteiger partial charge is 0.254 e. The average Bonchev–Trinajstić information content (AvgIpc) is 3.66. The molecule has 0 unspecified atom stereocenters. The van der Waals surface area contributed by atoms with E-state index in [0.29, 0.717) is 40.7 Å². The van der Waals surface area contributed by atoms with E-state index in [1.807, 2.05) is 46.8 Å². The molecule has 216 valence electrons. The average molecular weight is 566 g/mol. The molecule has 5 heterocycles. The van der Waals surface area contributed by atoms with Crippen molar-refractivity contribution < 1.29 is 9.53 Å². The zero-order valence-corrected chi connectivity index (χ0v) is 24.1. The number of amides is 1. The molecule has 5 aromatic rings. The highest BCUT2D eigenvalue weighted by atomic mass is 16.5. The number of piperidine rings is 1. The number of imidazole rings is 1. The number of fused-ring (bicyclic) bond motifs is 2. The van der Waals surface area contributed by atoms with E-state index >= 15 is 0 Å². The number of pyridine rings is 2. The van der Waals surface area contributed by atoms with Crippen molar-refractivity contribution >= 4 is 28.0 Å². The molecular formula is C32H35N7O3. The van der Waals surface area contributed by atoms with Crippen LogP contribution in [0.4, 0.5) is 0 Å². The normalized spacial score (nSPS) is 19.1. The van der Waals surface area contributed by atoms with Crippen molar-refractivity contribution in [2.45, 2.75) is 51.2 Å². The van der Waals surface area contributed by atoms with Crippen LogP contribution in [0.2, 0.25) is 0 Å². The first kappa shape index (κ1) is 26.5. The SMILES string of the molecule is COc1cc(C(=O)N2C[C@H](N)CC[C@@H]2C)cc2nc(-c3cc4ccc(-c5cccc(=O)[nH]5)nc4n3CC3CC3)n(C)c12. The molecule has 1 aliphatic carbocycles. The van der Waals surface area contributed by atoms with Crippen molar-refractivity contribution in [3.05, 3.63) is 64.4 Å². The topological polar surface area (TPSA) is 124 Å². The van der Waals surface area contributed by atoms with Gasteiger partial charge in [-0.05, 0) is 74.9 Å². The summed E-state index contributed by atoms with van der Waals surface area (Å²) in [6.45, 7) is 3.45. The highest BCUT2D eigenvalue weighted by Crippen LogP contribution is 2.38. The summed E-state index contributed by atoms with van der Waals surface area (Å²) in [4.78, 5) is 40.4. The molecule has 42 heavy (non-hydrogen) atoms. The molecule has 0 bridgehead atoms. The van der Waals surface area contributed by atoms with Crippen molar-refractivity contribution in [2.75, 3.05) is 13.7 Å². The summed E-state index contributed by atoms with van der Waals surface area (Å²) in [6.07, 6.45) is 4.18. The lowest BCUT2D eigenvalue weighted by atomic mass is 9.99. The quantitative estimate of drug-likeness (QED) is 0.316. The van der Waals surface area contributed by atoms with Gasteiger partial charge in [-0.3, -0.25) is 9.59 Å². The highest BCUT2D eigenvalue weighted by Gasteiger charge is 2.30. The summed E-state index contributed by atoms with van der Waals surface area (Å²) in [7, 11) is 3.60. The van der Waals surface area contributed by atoms with Crippen LogP contribution in [0.1, 0.15) is 43.0 Å². The number of likely N-dealkylation sites (tertiary alicyclic amines) is 1. The minimum absolute atomic E-state index is 0.0121. The lowest BCUT2D eigenvalue weighted by Crippen LogP contribution is -2.50. The van der Waals surface area contributed by atoms with Crippen LogP contribution in [0.3, 0.4) is 0 Å². The number of H-pyrrole nitrogens is 1. The number of carbonyl (C=O) groups is 1. The molecule has 10 heteroatoms. The first-order valence-corrected chi connectivity index (χ1v) is 14.6. The Morgan fingerprint density at radius 2 is 1.93 bits per heavy atom. The van der Waals surface area contributed by atoms with Gasteiger partial charge in [-0.25, -0.2) is 9.97 Å². The second-order valence-electron chi connectivity index (χ2n) is 11.8. The van der Waals surface area contributed by atoms with Crippen LogP contribution in [0.5, 0.6) is 5.75 Å². The molecule has 0 radical (unpaired) electrons. The molecular weight excluding hydrogens is 530 g/mol. The fourth-order valence-corrected chi connectivity index (χ4v) is 6.21. The maximum absolute atomic E-state index is 13.6. The second kappa shape index (κ2) is 10.1. The summed E-state index contributed by atoms with van der Waals surface area (Å²) in [5, 5.41) is 0.998. The van der Waals surface area contributed by atoms with Crippen molar-refractivity contribution in [3.63, 3.8) is 0 Å². The van der Waals surface area contributed by atoms with Gasteiger partial charge in [0.2, 0.25) is 5.56 Å². The van der Waals surface area contributed by atoms with Gasteiger partial charge >= 0.3 is 0 Å². The number of ether oxygens (including phenoxy) is 1. The maximum atomic E-state index is 13.6. The molecule has 10 nitrogen and oxygen atoms in total. The van der Waals surface area contributed by atoms with Crippen LogP contribution in [0.25, 0.3) is 45.0 Å². The molecule has 1 saturated carbocycles. The van der Waals surface area contributed by atoms with Crippen molar-refractivity contribution in [1.29, 1.82) is 0 Å². The molecule has 4 aromatic heterocycles. The first-order valence-electron chi connectivity index (χ1n) is 14.6. The third-order valence-electron chi connectivity index (χ3n) is 8.74. The van der Waals surface area contributed by atoms with E-state index in [9.17, 15) is 9.59 Å². The van der Waals surface area contributed by atoms with Crippen LogP contribution in [-0.4, -0.2) is 60.6 Å². The monoisotopic (exact) mass is 565 g/mol. The Morgan fingerprint density at radius 3 is 2.69 bits per heavy atom. The third kappa shape index (κ3) is 4.56.